The van der Waals surface area contributed by atoms with Crippen LogP contribution >= 0.6 is 0 Å². The first-order chi connectivity index (χ1) is 11.3. The van der Waals surface area contributed by atoms with Gasteiger partial charge in [0.25, 0.3) is 0 Å². The lowest BCUT2D eigenvalue weighted by molar-refractivity contribution is 0.460. The summed E-state index contributed by atoms with van der Waals surface area (Å²) in [5, 5.41) is 3.38. The zero-order chi connectivity index (χ0) is 15.9. The standard InChI is InChI=1S/C11H15N.C10H11F/c1-2-4-10(5-3-1)11-6-8-12-9-7-11;11-10-7-3-5-8-4-1-2-6-9(8)10/h1-5,11-12H,6-9H2;3,5,7H,1-2,4,6H2. The Balaban J connectivity index is 0.000000136. The Morgan fingerprint density at radius 1 is 0.826 bits per heavy atom. The molecule has 0 atom stereocenters. The van der Waals surface area contributed by atoms with Crippen LogP contribution in [0.15, 0.2) is 48.5 Å². The van der Waals surface area contributed by atoms with Crippen LogP contribution in [0.5, 0.6) is 0 Å². The van der Waals surface area contributed by atoms with Gasteiger partial charge in [0.1, 0.15) is 5.82 Å². The molecule has 1 fully saturated rings. The molecule has 0 amide bonds. The van der Waals surface area contributed by atoms with Crippen molar-refractivity contribution in [1.29, 1.82) is 0 Å². The summed E-state index contributed by atoms with van der Waals surface area (Å²) in [6.07, 6.45) is 6.95. The molecule has 122 valence electrons. The van der Waals surface area contributed by atoms with Gasteiger partial charge < -0.3 is 5.32 Å². The van der Waals surface area contributed by atoms with Gasteiger partial charge in [0.15, 0.2) is 0 Å². The number of halogens is 1. The molecule has 2 aliphatic rings. The van der Waals surface area contributed by atoms with Crippen LogP contribution in [-0.4, -0.2) is 13.1 Å². The van der Waals surface area contributed by atoms with Crippen molar-refractivity contribution < 1.29 is 4.39 Å². The van der Waals surface area contributed by atoms with Crippen LogP contribution in [0.25, 0.3) is 0 Å². The minimum absolute atomic E-state index is 0.0119. The fourth-order valence-corrected chi connectivity index (χ4v) is 3.62. The van der Waals surface area contributed by atoms with Gasteiger partial charge in [-0.1, -0.05) is 42.5 Å². The number of benzene rings is 2. The van der Waals surface area contributed by atoms with Gasteiger partial charge in [-0.05, 0) is 80.3 Å². The van der Waals surface area contributed by atoms with Gasteiger partial charge in [-0.25, -0.2) is 4.39 Å². The number of nitrogens with one attached hydrogen (secondary N) is 1. The third kappa shape index (κ3) is 4.42. The van der Waals surface area contributed by atoms with E-state index in [9.17, 15) is 4.39 Å². The Hall–Kier alpha value is -1.67. The summed E-state index contributed by atoms with van der Waals surface area (Å²) in [7, 11) is 0. The predicted octanol–water partition coefficient (Wildman–Crippen LogP) is 4.86. The van der Waals surface area contributed by atoms with Gasteiger partial charge in [-0.2, -0.15) is 0 Å². The minimum Gasteiger partial charge on any atom is -0.317 e. The number of aryl methyl sites for hydroxylation is 1. The SMILES string of the molecule is Fc1cccc2c1CCCC2.c1ccc(C2CCNCC2)cc1. The van der Waals surface area contributed by atoms with Crippen LogP contribution < -0.4 is 5.32 Å². The van der Waals surface area contributed by atoms with Crippen LogP contribution in [0.4, 0.5) is 4.39 Å². The van der Waals surface area contributed by atoms with Crippen LogP contribution in [-0.2, 0) is 12.8 Å². The average Bonchev–Trinajstić information content (AvgIpc) is 2.64. The van der Waals surface area contributed by atoms with Crippen molar-refractivity contribution in [2.24, 2.45) is 0 Å². The Kier molecular flexibility index (Phi) is 5.82. The van der Waals surface area contributed by atoms with E-state index in [0.29, 0.717) is 0 Å². The second kappa shape index (κ2) is 8.26. The first-order valence-electron chi connectivity index (χ1n) is 8.86. The smallest absolute Gasteiger partial charge is 0.126 e. The Morgan fingerprint density at radius 2 is 1.57 bits per heavy atom. The van der Waals surface area contributed by atoms with Crippen molar-refractivity contribution in [3.63, 3.8) is 0 Å². The van der Waals surface area contributed by atoms with Crippen LogP contribution in [0.3, 0.4) is 0 Å². The summed E-state index contributed by atoms with van der Waals surface area (Å²) in [4.78, 5) is 0. The maximum Gasteiger partial charge on any atom is 0.126 e. The molecule has 0 bridgehead atoms. The zero-order valence-corrected chi connectivity index (χ0v) is 13.7. The van der Waals surface area contributed by atoms with Gasteiger partial charge in [-0.15, -0.1) is 0 Å². The van der Waals surface area contributed by atoms with Gasteiger partial charge in [0.2, 0.25) is 0 Å². The summed E-state index contributed by atoms with van der Waals surface area (Å²) in [6, 6.07) is 16.3. The minimum atomic E-state index is -0.0119. The van der Waals surface area contributed by atoms with E-state index in [1.54, 1.807) is 12.1 Å². The number of hydrogen-bond acceptors (Lipinski definition) is 1. The fourth-order valence-electron chi connectivity index (χ4n) is 3.62. The van der Waals surface area contributed by atoms with Crippen molar-refractivity contribution in [3.05, 3.63) is 71.0 Å². The molecule has 2 aromatic carbocycles. The summed E-state index contributed by atoms with van der Waals surface area (Å²) >= 11 is 0. The van der Waals surface area contributed by atoms with Gasteiger partial charge in [0, 0.05) is 0 Å². The van der Waals surface area contributed by atoms with E-state index < -0.39 is 0 Å². The van der Waals surface area contributed by atoms with Crippen molar-refractivity contribution in [2.45, 2.75) is 44.4 Å². The average molecular weight is 311 g/mol. The lowest BCUT2D eigenvalue weighted by Crippen LogP contribution is -2.26. The Bertz CT molecular complexity index is 602. The highest BCUT2D eigenvalue weighted by atomic mass is 19.1. The van der Waals surface area contributed by atoms with Crippen molar-refractivity contribution in [2.75, 3.05) is 13.1 Å². The van der Waals surface area contributed by atoms with E-state index >= 15 is 0 Å². The van der Waals surface area contributed by atoms with E-state index in [-0.39, 0.29) is 5.82 Å². The molecule has 0 radical (unpaired) electrons. The molecule has 1 aliphatic carbocycles. The largest absolute Gasteiger partial charge is 0.317 e. The second-order valence-corrected chi connectivity index (χ2v) is 6.52. The van der Waals surface area contributed by atoms with Gasteiger partial charge in [0.05, 0.1) is 0 Å². The first-order valence-corrected chi connectivity index (χ1v) is 8.86. The molecule has 4 rings (SSSR count). The van der Waals surface area contributed by atoms with Crippen LogP contribution in [0.1, 0.15) is 48.3 Å². The number of fused-ring (bicyclic) bond motifs is 1. The summed E-state index contributed by atoms with van der Waals surface area (Å²) < 4.78 is 13.1. The quantitative estimate of drug-likeness (QED) is 0.793. The summed E-state index contributed by atoms with van der Waals surface area (Å²) in [5.41, 5.74) is 3.69. The molecular weight excluding hydrogens is 285 g/mol. The molecule has 1 N–H and O–H groups in total. The topological polar surface area (TPSA) is 12.0 Å². The molecule has 1 nitrogen and oxygen atoms in total. The highest BCUT2D eigenvalue weighted by Crippen LogP contribution is 2.24. The molecule has 1 heterocycles. The van der Waals surface area contributed by atoms with Gasteiger partial charge >= 0.3 is 0 Å². The Morgan fingerprint density at radius 3 is 2.30 bits per heavy atom. The number of hydrogen-bond donors (Lipinski definition) is 1. The van der Waals surface area contributed by atoms with E-state index in [1.807, 2.05) is 6.07 Å². The molecule has 2 heteroatoms. The predicted molar refractivity (Wildman–Crippen MR) is 94.3 cm³/mol. The summed E-state index contributed by atoms with van der Waals surface area (Å²) in [6.45, 7) is 2.36. The number of rotatable bonds is 1. The Labute approximate surface area is 138 Å². The highest BCUT2D eigenvalue weighted by molar-refractivity contribution is 5.30. The molecule has 23 heavy (non-hydrogen) atoms. The maximum absolute atomic E-state index is 13.1. The molecule has 0 aromatic heterocycles. The molecule has 1 saturated heterocycles. The summed E-state index contributed by atoms with van der Waals surface area (Å²) in [5.74, 6) is 0.787. The van der Waals surface area contributed by atoms with E-state index in [2.05, 4.69) is 35.6 Å². The van der Waals surface area contributed by atoms with E-state index in [0.717, 1.165) is 30.7 Å². The van der Waals surface area contributed by atoms with E-state index in [4.69, 9.17) is 0 Å². The van der Waals surface area contributed by atoms with Crippen molar-refractivity contribution in [3.8, 4) is 0 Å². The fraction of sp³-hybridized carbons (Fsp3) is 0.429. The molecule has 2 aromatic rings. The lowest BCUT2D eigenvalue weighted by Gasteiger charge is -2.22. The van der Waals surface area contributed by atoms with E-state index in [1.165, 1.54) is 43.5 Å². The third-order valence-corrected chi connectivity index (χ3v) is 4.95. The molecular formula is C21H26FN. The normalized spacial score (nSPS) is 17.8. The monoisotopic (exact) mass is 311 g/mol. The molecule has 1 aliphatic heterocycles. The lowest BCUT2D eigenvalue weighted by atomic mass is 9.90. The third-order valence-electron chi connectivity index (χ3n) is 4.95. The van der Waals surface area contributed by atoms with Crippen LogP contribution in [0, 0.1) is 5.82 Å². The van der Waals surface area contributed by atoms with Gasteiger partial charge in [-0.3, -0.25) is 0 Å². The number of piperidine rings is 1. The highest BCUT2D eigenvalue weighted by Gasteiger charge is 2.14. The second-order valence-electron chi connectivity index (χ2n) is 6.52. The van der Waals surface area contributed by atoms with Crippen LogP contribution in [0.2, 0.25) is 0 Å². The first kappa shape index (κ1) is 16.2. The molecule has 0 unspecified atom stereocenters. The van der Waals surface area contributed by atoms with Crippen molar-refractivity contribution in [1.82, 2.24) is 5.32 Å². The zero-order valence-electron chi connectivity index (χ0n) is 13.7. The molecule has 0 saturated carbocycles. The molecule has 0 spiro atoms. The maximum atomic E-state index is 13.1. The van der Waals surface area contributed by atoms with Crippen molar-refractivity contribution >= 4 is 0 Å².